The number of benzene rings is 1. The van der Waals surface area contributed by atoms with Gasteiger partial charge < -0.3 is 15.8 Å². The highest BCUT2D eigenvalue weighted by Gasteiger charge is 2.22. The van der Waals surface area contributed by atoms with Crippen LogP contribution in [0.4, 0.5) is 5.82 Å². The van der Waals surface area contributed by atoms with Gasteiger partial charge in [-0.3, -0.25) is 4.98 Å². The van der Waals surface area contributed by atoms with E-state index in [1.165, 1.54) is 6.33 Å². The number of nitrogens with one attached hydrogen (secondary N) is 1. The van der Waals surface area contributed by atoms with Crippen LogP contribution in [0.15, 0.2) is 59.5 Å². The summed E-state index contributed by atoms with van der Waals surface area (Å²) in [6, 6.07) is 14.0. The first-order valence-electron chi connectivity index (χ1n) is 9.65. The molecule has 150 valence electrons. The van der Waals surface area contributed by atoms with Gasteiger partial charge in [0.2, 0.25) is 0 Å². The number of hydrogen-bond donors (Lipinski definition) is 2. The van der Waals surface area contributed by atoms with E-state index in [1.807, 2.05) is 42.5 Å². The van der Waals surface area contributed by atoms with E-state index in [-0.39, 0.29) is 6.10 Å². The molecule has 30 heavy (non-hydrogen) atoms. The van der Waals surface area contributed by atoms with E-state index in [9.17, 15) is 0 Å². The van der Waals surface area contributed by atoms with Gasteiger partial charge in [0.25, 0.3) is 0 Å². The predicted octanol–water partition coefficient (Wildman–Crippen LogP) is 3.76. The zero-order valence-electron chi connectivity index (χ0n) is 16.0. The summed E-state index contributed by atoms with van der Waals surface area (Å²) < 4.78 is 6.96. The Morgan fingerprint density at radius 3 is 2.73 bits per heavy atom. The van der Waals surface area contributed by atoms with Crippen LogP contribution in [0.5, 0.6) is 0 Å². The number of nitrogen functional groups attached to an aromatic ring is 1. The number of fused-ring (bicyclic) bond motifs is 1. The van der Waals surface area contributed by atoms with Crippen LogP contribution in [0.3, 0.4) is 0 Å². The summed E-state index contributed by atoms with van der Waals surface area (Å²) in [6.07, 6.45) is 3.10. The SMILES string of the molecule is Nc1ncnc2nc(-c3cccnc3C3CNCCO3)cc(-c3ccc(Br)cc3)c12. The van der Waals surface area contributed by atoms with Crippen LogP contribution in [-0.2, 0) is 4.74 Å². The molecular formula is C22H19BrN6O. The maximum Gasteiger partial charge on any atom is 0.165 e. The quantitative estimate of drug-likeness (QED) is 0.477. The molecule has 1 aliphatic heterocycles. The van der Waals surface area contributed by atoms with Crippen molar-refractivity contribution in [2.75, 3.05) is 25.4 Å². The lowest BCUT2D eigenvalue weighted by Crippen LogP contribution is -2.34. The number of morpholine rings is 1. The third-order valence-corrected chi connectivity index (χ3v) is 5.66. The molecule has 1 saturated heterocycles. The van der Waals surface area contributed by atoms with Crippen molar-refractivity contribution < 1.29 is 4.74 Å². The van der Waals surface area contributed by atoms with Gasteiger partial charge in [-0.25, -0.2) is 15.0 Å². The van der Waals surface area contributed by atoms with Crippen LogP contribution in [0.25, 0.3) is 33.4 Å². The summed E-state index contributed by atoms with van der Waals surface area (Å²) in [4.78, 5) is 18.0. The molecule has 1 unspecified atom stereocenters. The molecule has 3 aromatic heterocycles. The van der Waals surface area contributed by atoms with Gasteiger partial charge in [-0.1, -0.05) is 28.1 Å². The Morgan fingerprint density at radius 2 is 1.93 bits per heavy atom. The first-order chi connectivity index (χ1) is 14.7. The third kappa shape index (κ3) is 3.54. The van der Waals surface area contributed by atoms with E-state index in [1.54, 1.807) is 6.20 Å². The highest BCUT2D eigenvalue weighted by atomic mass is 79.9. The maximum absolute atomic E-state index is 6.22. The molecule has 0 spiro atoms. The Labute approximate surface area is 181 Å². The Balaban J connectivity index is 1.73. The molecule has 0 amide bonds. The first-order valence-corrected chi connectivity index (χ1v) is 10.4. The molecular weight excluding hydrogens is 444 g/mol. The van der Waals surface area contributed by atoms with E-state index < -0.39 is 0 Å². The third-order valence-electron chi connectivity index (χ3n) is 5.14. The molecule has 1 aliphatic rings. The summed E-state index contributed by atoms with van der Waals surface area (Å²) >= 11 is 3.50. The zero-order valence-corrected chi connectivity index (χ0v) is 17.6. The molecule has 1 atom stereocenters. The summed E-state index contributed by atoms with van der Waals surface area (Å²) in [6.45, 7) is 2.21. The summed E-state index contributed by atoms with van der Waals surface area (Å²) in [7, 11) is 0. The molecule has 4 heterocycles. The highest BCUT2D eigenvalue weighted by Crippen LogP contribution is 2.36. The monoisotopic (exact) mass is 462 g/mol. The van der Waals surface area contributed by atoms with Gasteiger partial charge in [0.15, 0.2) is 5.65 Å². The van der Waals surface area contributed by atoms with Crippen molar-refractivity contribution in [1.29, 1.82) is 0 Å². The fourth-order valence-corrected chi connectivity index (χ4v) is 3.98. The number of anilines is 1. The fraction of sp³-hybridized carbons (Fsp3) is 0.182. The minimum atomic E-state index is -0.126. The van der Waals surface area contributed by atoms with E-state index in [0.717, 1.165) is 44.5 Å². The molecule has 0 radical (unpaired) electrons. The van der Waals surface area contributed by atoms with Crippen LogP contribution >= 0.6 is 15.9 Å². The lowest BCUT2D eigenvalue weighted by Gasteiger charge is -2.24. The topological polar surface area (TPSA) is 98.8 Å². The normalized spacial score (nSPS) is 16.6. The van der Waals surface area contributed by atoms with E-state index in [2.05, 4.69) is 36.2 Å². The number of ether oxygens (including phenoxy) is 1. The van der Waals surface area contributed by atoms with Crippen molar-refractivity contribution in [1.82, 2.24) is 25.3 Å². The Bertz CT molecular complexity index is 1210. The van der Waals surface area contributed by atoms with E-state index in [4.69, 9.17) is 15.5 Å². The highest BCUT2D eigenvalue weighted by molar-refractivity contribution is 9.10. The number of nitrogens with two attached hydrogens (primary N) is 1. The van der Waals surface area contributed by atoms with Crippen molar-refractivity contribution in [3.63, 3.8) is 0 Å². The molecule has 3 N–H and O–H groups in total. The second-order valence-electron chi connectivity index (χ2n) is 7.02. The first kappa shape index (κ1) is 19.0. The molecule has 0 bridgehead atoms. The fourth-order valence-electron chi connectivity index (χ4n) is 3.71. The minimum absolute atomic E-state index is 0.126. The van der Waals surface area contributed by atoms with Crippen LogP contribution < -0.4 is 11.1 Å². The Hall–Kier alpha value is -2.94. The van der Waals surface area contributed by atoms with E-state index >= 15 is 0 Å². The zero-order chi connectivity index (χ0) is 20.5. The molecule has 4 aromatic rings. The van der Waals surface area contributed by atoms with Crippen molar-refractivity contribution in [3.05, 3.63) is 65.2 Å². The second kappa shape index (κ2) is 8.06. The second-order valence-corrected chi connectivity index (χ2v) is 7.93. The van der Waals surface area contributed by atoms with Gasteiger partial charge in [0.1, 0.15) is 18.2 Å². The van der Waals surface area contributed by atoms with Crippen molar-refractivity contribution in [3.8, 4) is 22.4 Å². The lowest BCUT2D eigenvalue weighted by atomic mass is 9.98. The van der Waals surface area contributed by atoms with Crippen LogP contribution in [0, 0.1) is 0 Å². The van der Waals surface area contributed by atoms with Gasteiger partial charge in [-0.15, -0.1) is 0 Å². The average Bonchev–Trinajstić information content (AvgIpc) is 2.80. The molecule has 5 rings (SSSR count). The molecule has 1 aromatic carbocycles. The largest absolute Gasteiger partial charge is 0.383 e. The van der Waals surface area contributed by atoms with E-state index in [0.29, 0.717) is 24.6 Å². The Kier molecular flexibility index (Phi) is 5.12. The van der Waals surface area contributed by atoms with Crippen molar-refractivity contribution in [2.45, 2.75) is 6.10 Å². The smallest absolute Gasteiger partial charge is 0.165 e. The maximum atomic E-state index is 6.22. The number of rotatable bonds is 3. The van der Waals surface area contributed by atoms with Crippen LogP contribution in [0.1, 0.15) is 11.8 Å². The minimum Gasteiger partial charge on any atom is -0.383 e. The molecule has 1 fully saturated rings. The number of halogens is 1. The van der Waals surface area contributed by atoms with Gasteiger partial charge in [-0.05, 0) is 41.5 Å². The van der Waals surface area contributed by atoms with Gasteiger partial charge in [0.05, 0.1) is 23.4 Å². The van der Waals surface area contributed by atoms with Gasteiger partial charge >= 0.3 is 0 Å². The van der Waals surface area contributed by atoms with Crippen LogP contribution in [-0.4, -0.2) is 39.6 Å². The van der Waals surface area contributed by atoms with Gasteiger partial charge in [-0.2, -0.15) is 0 Å². The molecule has 7 nitrogen and oxygen atoms in total. The predicted molar refractivity (Wildman–Crippen MR) is 120 cm³/mol. The number of hydrogen-bond acceptors (Lipinski definition) is 7. The van der Waals surface area contributed by atoms with Gasteiger partial charge in [0, 0.05) is 29.3 Å². The number of nitrogens with zero attached hydrogens (tertiary/aromatic N) is 4. The molecule has 0 saturated carbocycles. The molecule has 8 heteroatoms. The summed E-state index contributed by atoms with van der Waals surface area (Å²) in [5.41, 5.74) is 11.3. The lowest BCUT2D eigenvalue weighted by molar-refractivity contribution is 0.0254. The number of pyridine rings is 2. The molecule has 0 aliphatic carbocycles. The Morgan fingerprint density at radius 1 is 1.07 bits per heavy atom. The van der Waals surface area contributed by atoms with Crippen molar-refractivity contribution in [2.24, 2.45) is 0 Å². The summed E-state index contributed by atoms with van der Waals surface area (Å²) in [5, 5.41) is 4.10. The average molecular weight is 463 g/mol. The van der Waals surface area contributed by atoms with Crippen molar-refractivity contribution >= 4 is 32.8 Å². The van der Waals surface area contributed by atoms with Crippen LogP contribution in [0.2, 0.25) is 0 Å². The number of aromatic nitrogens is 4. The summed E-state index contributed by atoms with van der Waals surface area (Å²) in [5.74, 6) is 0.406. The standard InChI is InChI=1S/C22H19BrN6O/c23-14-5-3-13(4-6-14)16-10-17(29-22-19(16)21(24)27-12-28-22)15-2-1-7-26-20(15)18-11-25-8-9-30-18/h1-7,10,12,18,25H,8-9,11H2,(H2,24,27,28,29).